The van der Waals surface area contributed by atoms with E-state index in [-0.39, 0.29) is 19.1 Å². The molecular weight excluding hydrogens is 272 g/mol. The number of amides is 1. The number of carboxylic acid groups (broad SMARTS) is 1. The van der Waals surface area contributed by atoms with Crippen molar-refractivity contribution < 1.29 is 19.4 Å². The number of aliphatic carboxylic acids is 1. The maximum Gasteiger partial charge on any atom is 0.308 e. The van der Waals surface area contributed by atoms with Crippen LogP contribution in [-0.4, -0.2) is 41.6 Å². The highest BCUT2D eigenvalue weighted by molar-refractivity contribution is 5.79. The number of nitrogens with zero attached hydrogens (tertiary/aromatic N) is 2. The minimum Gasteiger partial charge on any atom is -0.482 e. The Morgan fingerprint density at radius 1 is 1.43 bits per heavy atom. The molecule has 21 heavy (non-hydrogen) atoms. The molecule has 1 heterocycles. The molecule has 6 heteroatoms. The van der Waals surface area contributed by atoms with Gasteiger partial charge in [-0.3, -0.25) is 9.59 Å². The van der Waals surface area contributed by atoms with E-state index in [1.807, 2.05) is 6.07 Å². The molecule has 1 aliphatic heterocycles. The summed E-state index contributed by atoms with van der Waals surface area (Å²) in [5, 5.41) is 17.9. The molecule has 1 aromatic rings. The largest absolute Gasteiger partial charge is 0.482 e. The third kappa shape index (κ3) is 3.72. The summed E-state index contributed by atoms with van der Waals surface area (Å²) in [6, 6.07) is 8.67. The molecule has 1 aliphatic rings. The van der Waals surface area contributed by atoms with Gasteiger partial charge in [-0.15, -0.1) is 0 Å². The van der Waals surface area contributed by atoms with Gasteiger partial charge in [0.05, 0.1) is 11.5 Å². The molecule has 0 aromatic heterocycles. The average molecular weight is 288 g/mol. The highest BCUT2D eigenvalue weighted by Gasteiger charge is 2.28. The summed E-state index contributed by atoms with van der Waals surface area (Å²) in [4.78, 5) is 24.6. The van der Waals surface area contributed by atoms with Crippen LogP contribution in [0.3, 0.4) is 0 Å². The van der Waals surface area contributed by atoms with Crippen molar-refractivity contribution in [3.8, 4) is 11.8 Å². The molecule has 0 saturated carbocycles. The lowest BCUT2D eigenvalue weighted by Gasteiger charge is -2.30. The number of benzene rings is 1. The van der Waals surface area contributed by atoms with Crippen molar-refractivity contribution >= 4 is 11.9 Å². The third-order valence-corrected chi connectivity index (χ3v) is 3.48. The van der Waals surface area contributed by atoms with Gasteiger partial charge in [0.2, 0.25) is 0 Å². The Morgan fingerprint density at radius 2 is 2.19 bits per heavy atom. The topological polar surface area (TPSA) is 90.6 Å². The Labute approximate surface area is 122 Å². The van der Waals surface area contributed by atoms with E-state index >= 15 is 0 Å². The van der Waals surface area contributed by atoms with E-state index < -0.39 is 11.9 Å². The van der Waals surface area contributed by atoms with Gasteiger partial charge in [0, 0.05) is 13.1 Å². The van der Waals surface area contributed by atoms with Crippen LogP contribution < -0.4 is 4.74 Å². The summed E-state index contributed by atoms with van der Waals surface area (Å²) in [6.07, 6.45) is 1.27. The summed E-state index contributed by atoms with van der Waals surface area (Å²) < 4.78 is 5.38. The minimum atomic E-state index is -0.872. The molecule has 6 nitrogen and oxygen atoms in total. The van der Waals surface area contributed by atoms with Crippen LogP contribution in [0.4, 0.5) is 0 Å². The predicted octanol–water partition coefficient (Wildman–Crippen LogP) is 1.26. The van der Waals surface area contributed by atoms with Crippen molar-refractivity contribution in [3.05, 3.63) is 29.8 Å². The summed E-state index contributed by atoms with van der Waals surface area (Å²) in [6.45, 7) is 0.578. The number of para-hydroxylation sites is 1. The molecule has 2 rings (SSSR count). The first-order chi connectivity index (χ1) is 10.1. The van der Waals surface area contributed by atoms with Crippen LogP contribution in [0, 0.1) is 17.2 Å². The number of hydrogen-bond acceptors (Lipinski definition) is 4. The van der Waals surface area contributed by atoms with Crippen LogP contribution in [0.15, 0.2) is 24.3 Å². The van der Waals surface area contributed by atoms with Crippen molar-refractivity contribution in [2.24, 2.45) is 5.92 Å². The Balaban J connectivity index is 1.93. The first-order valence-corrected chi connectivity index (χ1v) is 6.74. The molecule has 0 spiro atoms. The molecule has 0 bridgehead atoms. The SMILES string of the molecule is N#Cc1ccccc1OCC(=O)N1CCCC(C(=O)O)C1. The second-order valence-electron chi connectivity index (χ2n) is 4.91. The Bertz CT molecular complexity index is 579. The fourth-order valence-corrected chi connectivity index (χ4v) is 2.32. The van der Waals surface area contributed by atoms with E-state index in [4.69, 9.17) is 15.1 Å². The molecule has 1 aromatic carbocycles. The van der Waals surface area contributed by atoms with Gasteiger partial charge in [-0.1, -0.05) is 12.1 Å². The van der Waals surface area contributed by atoms with Gasteiger partial charge < -0.3 is 14.7 Å². The molecule has 1 unspecified atom stereocenters. The van der Waals surface area contributed by atoms with Crippen LogP contribution >= 0.6 is 0 Å². The fraction of sp³-hybridized carbons (Fsp3) is 0.400. The van der Waals surface area contributed by atoms with Crippen molar-refractivity contribution in [2.45, 2.75) is 12.8 Å². The van der Waals surface area contributed by atoms with Gasteiger partial charge in [-0.05, 0) is 25.0 Å². The first-order valence-electron chi connectivity index (χ1n) is 6.74. The van der Waals surface area contributed by atoms with E-state index in [1.165, 1.54) is 4.90 Å². The Kier molecular flexibility index (Phi) is 4.77. The molecule has 1 N–H and O–H groups in total. The third-order valence-electron chi connectivity index (χ3n) is 3.48. The summed E-state index contributed by atoms with van der Waals surface area (Å²) in [5.41, 5.74) is 0.368. The van der Waals surface area contributed by atoms with Crippen LogP contribution in [-0.2, 0) is 9.59 Å². The van der Waals surface area contributed by atoms with Crippen molar-refractivity contribution in [1.82, 2.24) is 4.90 Å². The molecule has 1 saturated heterocycles. The number of nitriles is 1. The minimum absolute atomic E-state index is 0.189. The average Bonchev–Trinajstić information content (AvgIpc) is 2.52. The molecule has 1 amide bonds. The predicted molar refractivity (Wildman–Crippen MR) is 73.6 cm³/mol. The van der Waals surface area contributed by atoms with Crippen LogP contribution in [0.5, 0.6) is 5.75 Å². The number of piperidine rings is 1. The number of carbonyl (C=O) groups excluding carboxylic acids is 1. The number of ether oxygens (including phenoxy) is 1. The first kappa shape index (κ1) is 14.9. The van der Waals surface area contributed by atoms with E-state index in [0.717, 1.165) is 0 Å². The van der Waals surface area contributed by atoms with Crippen LogP contribution in [0.25, 0.3) is 0 Å². The smallest absolute Gasteiger partial charge is 0.308 e. The van der Waals surface area contributed by atoms with Crippen LogP contribution in [0.1, 0.15) is 18.4 Å². The number of carbonyl (C=O) groups is 2. The zero-order chi connectivity index (χ0) is 15.2. The summed E-state index contributed by atoms with van der Waals surface area (Å²) >= 11 is 0. The number of rotatable bonds is 4. The van der Waals surface area contributed by atoms with Gasteiger partial charge >= 0.3 is 5.97 Å². The van der Waals surface area contributed by atoms with Gasteiger partial charge in [0.15, 0.2) is 6.61 Å². The Morgan fingerprint density at radius 3 is 2.90 bits per heavy atom. The normalized spacial score (nSPS) is 17.9. The quantitative estimate of drug-likeness (QED) is 0.900. The molecule has 1 fully saturated rings. The highest BCUT2D eigenvalue weighted by Crippen LogP contribution is 2.19. The van der Waals surface area contributed by atoms with E-state index in [2.05, 4.69) is 0 Å². The summed E-state index contributed by atoms with van der Waals surface area (Å²) in [5.74, 6) is -1.27. The fourth-order valence-electron chi connectivity index (χ4n) is 2.32. The van der Waals surface area contributed by atoms with Gasteiger partial charge in [0.25, 0.3) is 5.91 Å². The number of likely N-dealkylation sites (tertiary alicyclic amines) is 1. The monoisotopic (exact) mass is 288 g/mol. The highest BCUT2D eigenvalue weighted by atomic mass is 16.5. The van der Waals surface area contributed by atoms with Gasteiger partial charge in [-0.2, -0.15) is 5.26 Å². The summed E-state index contributed by atoms with van der Waals surface area (Å²) in [7, 11) is 0. The molecule has 0 aliphatic carbocycles. The lowest BCUT2D eigenvalue weighted by molar-refractivity contribution is -0.146. The molecular formula is C15H16N2O4. The van der Waals surface area contributed by atoms with Gasteiger partial charge in [-0.25, -0.2) is 0 Å². The van der Waals surface area contributed by atoms with Crippen molar-refractivity contribution in [2.75, 3.05) is 19.7 Å². The molecule has 0 radical (unpaired) electrons. The Hall–Kier alpha value is -2.55. The molecule has 1 atom stereocenters. The van der Waals surface area contributed by atoms with E-state index in [0.29, 0.717) is 30.7 Å². The van der Waals surface area contributed by atoms with Gasteiger partial charge in [0.1, 0.15) is 11.8 Å². The van der Waals surface area contributed by atoms with Crippen molar-refractivity contribution in [3.63, 3.8) is 0 Å². The second kappa shape index (κ2) is 6.75. The lowest BCUT2D eigenvalue weighted by Crippen LogP contribution is -2.44. The van der Waals surface area contributed by atoms with E-state index in [1.54, 1.807) is 24.3 Å². The lowest BCUT2D eigenvalue weighted by atomic mass is 9.98. The number of hydrogen-bond donors (Lipinski definition) is 1. The van der Waals surface area contributed by atoms with Crippen LogP contribution in [0.2, 0.25) is 0 Å². The molecule has 110 valence electrons. The zero-order valence-electron chi connectivity index (χ0n) is 11.5. The zero-order valence-corrected chi connectivity index (χ0v) is 11.5. The number of carboxylic acids is 1. The second-order valence-corrected chi connectivity index (χ2v) is 4.91. The van der Waals surface area contributed by atoms with E-state index in [9.17, 15) is 9.59 Å². The standard InChI is InChI=1S/C15H16N2O4/c16-8-11-4-1-2-6-13(11)21-10-14(18)17-7-3-5-12(9-17)15(19)20/h1-2,4,6,12H,3,5,7,9-10H2,(H,19,20). The maximum absolute atomic E-state index is 12.1. The maximum atomic E-state index is 12.1. The van der Waals surface area contributed by atoms with Crippen molar-refractivity contribution in [1.29, 1.82) is 5.26 Å².